The van der Waals surface area contributed by atoms with Gasteiger partial charge in [-0.1, -0.05) is 31.1 Å². The Balaban J connectivity index is 1.89. The molecular weight excluding hydrogens is 288 g/mol. The van der Waals surface area contributed by atoms with Crippen LogP contribution in [0.3, 0.4) is 0 Å². The average molecular weight is 310 g/mol. The molecule has 0 aromatic heterocycles. The second kappa shape index (κ2) is 7.86. The predicted molar refractivity (Wildman–Crippen MR) is 90.8 cm³/mol. The zero-order valence-corrected chi connectivity index (χ0v) is 13.5. The third-order valence-corrected chi connectivity index (χ3v) is 4.55. The Bertz CT molecular complexity index is 459. The molecule has 1 aliphatic carbocycles. The van der Waals surface area contributed by atoms with E-state index in [9.17, 15) is 0 Å². The predicted octanol–water partition coefficient (Wildman–Crippen LogP) is 3.41. The number of anilines is 1. The summed E-state index contributed by atoms with van der Waals surface area (Å²) in [5.74, 6) is 0. The molecule has 20 heavy (non-hydrogen) atoms. The molecule has 0 radical (unpaired) electrons. The SMILES string of the molecule is CSc1cccc(NCCOC2CCCC2)c1C(N)=S. The maximum atomic E-state index is 5.85. The Kier molecular flexibility index (Phi) is 6.13. The van der Waals surface area contributed by atoms with Crippen molar-refractivity contribution >= 4 is 34.7 Å². The van der Waals surface area contributed by atoms with Gasteiger partial charge in [-0.3, -0.25) is 0 Å². The number of hydrogen-bond donors (Lipinski definition) is 2. The minimum Gasteiger partial charge on any atom is -0.389 e. The van der Waals surface area contributed by atoms with Gasteiger partial charge < -0.3 is 15.8 Å². The van der Waals surface area contributed by atoms with Crippen LogP contribution < -0.4 is 11.1 Å². The zero-order chi connectivity index (χ0) is 14.4. The van der Waals surface area contributed by atoms with E-state index in [1.54, 1.807) is 11.8 Å². The van der Waals surface area contributed by atoms with Crippen LogP contribution >= 0.6 is 24.0 Å². The lowest BCUT2D eigenvalue weighted by Gasteiger charge is -2.15. The molecular formula is C15H22N2OS2. The van der Waals surface area contributed by atoms with Crippen molar-refractivity contribution in [2.75, 3.05) is 24.7 Å². The zero-order valence-electron chi connectivity index (χ0n) is 11.9. The van der Waals surface area contributed by atoms with Gasteiger partial charge >= 0.3 is 0 Å². The van der Waals surface area contributed by atoms with Crippen molar-refractivity contribution in [3.05, 3.63) is 23.8 Å². The molecule has 5 heteroatoms. The molecule has 2 rings (SSSR count). The molecule has 0 aliphatic heterocycles. The lowest BCUT2D eigenvalue weighted by Crippen LogP contribution is -2.18. The second-order valence-electron chi connectivity index (χ2n) is 4.95. The minimum atomic E-state index is 0.439. The number of nitrogens with two attached hydrogens (primary N) is 1. The van der Waals surface area contributed by atoms with E-state index >= 15 is 0 Å². The molecule has 0 heterocycles. The summed E-state index contributed by atoms with van der Waals surface area (Å²) in [5.41, 5.74) is 7.78. The highest BCUT2D eigenvalue weighted by atomic mass is 32.2. The summed E-state index contributed by atoms with van der Waals surface area (Å²) in [6, 6.07) is 6.08. The number of benzene rings is 1. The van der Waals surface area contributed by atoms with E-state index in [0.717, 1.165) is 29.3 Å². The molecule has 1 fully saturated rings. The topological polar surface area (TPSA) is 47.3 Å². The summed E-state index contributed by atoms with van der Waals surface area (Å²) < 4.78 is 5.85. The third kappa shape index (κ3) is 4.11. The van der Waals surface area contributed by atoms with Crippen LogP contribution in [0, 0.1) is 0 Å². The molecule has 1 aromatic rings. The molecule has 3 nitrogen and oxygen atoms in total. The van der Waals surface area contributed by atoms with E-state index < -0.39 is 0 Å². The highest BCUT2D eigenvalue weighted by Gasteiger charge is 2.15. The first kappa shape index (κ1) is 15.6. The van der Waals surface area contributed by atoms with Crippen LogP contribution in [0.5, 0.6) is 0 Å². The van der Waals surface area contributed by atoms with E-state index in [4.69, 9.17) is 22.7 Å². The Labute approximate surface area is 130 Å². The van der Waals surface area contributed by atoms with Gasteiger partial charge in [0.05, 0.1) is 12.7 Å². The fourth-order valence-corrected chi connectivity index (χ4v) is 3.49. The summed E-state index contributed by atoms with van der Waals surface area (Å²) in [6.07, 6.45) is 7.52. The van der Waals surface area contributed by atoms with E-state index in [1.807, 2.05) is 24.5 Å². The van der Waals surface area contributed by atoms with Gasteiger partial charge in [0.1, 0.15) is 4.99 Å². The maximum Gasteiger partial charge on any atom is 0.107 e. The Hall–Kier alpha value is -0.780. The number of rotatable bonds is 7. The molecule has 0 bridgehead atoms. The number of thioether (sulfide) groups is 1. The first-order valence-corrected chi connectivity index (χ1v) is 8.68. The van der Waals surface area contributed by atoms with E-state index in [0.29, 0.717) is 11.1 Å². The van der Waals surface area contributed by atoms with Crippen molar-refractivity contribution in [2.45, 2.75) is 36.7 Å². The van der Waals surface area contributed by atoms with Crippen LogP contribution in [0.4, 0.5) is 5.69 Å². The van der Waals surface area contributed by atoms with Crippen LogP contribution in [-0.4, -0.2) is 30.5 Å². The molecule has 1 aliphatic rings. The normalized spacial score (nSPS) is 15.4. The van der Waals surface area contributed by atoms with Gasteiger partial charge in [0, 0.05) is 22.7 Å². The number of ether oxygens (including phenoxy) is 1. The molecule has 0 spiro atoms. The number of nitrogens with one attached hydrogen (secondary N) is 1. The fourth-order valence-electron chi connectivity index (χ4n) is 2.57. The summed E-state index contributed by atoms with van der Waals surface area (Å²) in [7, 11) is 0. The summed E-state index contributed by atoms with van der Waals surface area (Å²) in [6.45, 7) is 1.51. The van der Waals surface area contributed by atoms with Crippen molar-refractivity contribution in [3.8, 4) is 0 Å². The Morgan fingerprint density at radius 2 is 2.20 bits per heavy atom. The van der Waals surface area contributed by atoms with Crippen LogP contribution in [0.15, 0.2) is 23.1 Å². The molecule has 0 saturated heterocycles. The van der Waals surface area contributed by atoms with Crippen molar-refractivity contribution in [1.29, 1.82) is 0 Å². The number of thiocarbonyl (C=S) groups is 1. The highest BCUT2D eigenvalue weighted by Crippen LogP contribution is 2.27. The fraction of sp³-hybridized carbons (Fsp3) is 0.533. The smallest absolute Gasteiger partial charge is 0.107 e. The Morgan fingerprint density at radius 1 is 1.45 bits per heavy atom. The summed E-state index contributed by atoms with van der Waals surface area (Å²) >= 11 is 6.82. The third-order valence-electron chi connectivity index (χ3n) is 3.57. The summed E-state index contributed by atoms with van der Waals surface area (Å²) in [5, 5.41) is 3.39. The quantitative estimate of drug-likeness (QED) is 0.459. The summed E-state index contributed by atoms with van der Waals surface area (Å²) in [4.78, 5) is 1.55. The second-order valence-corrected chi connectivity index (χ2v) is 6.24. The van der Waals surface area contributed by atoms with Gasteiger partial charge in [-0.05, 0) is 31.2 Å². The van der Waals surface area contributed by atoms with E-state index in [2.05, 4.69) is 5.32 Å². The van der Waals surface area contributed by atoms with Gasteiger partial charge in [0.25, 0.3) is 0 Å². The van der Waals surface area contributed by atoms with E-state index in [1.165, 1.54) is 25.7 Å². The van der Waals surface area contributed by atoms with Crippen LogP contribution in [0.1, 0.15) is 31.2 Å². The molecule has 0 atom stereocenters. The maximum absolute atomic E-state index is 5.85. The standard InChI is InChI=1S/C15H22N2OS2/c1-20-13-8-4-7-12(14(13)15(16)19)17-9-10-18-11-5-2-3-6-11/h4,7-8,11,17H,2-3,5-6,9-10H2,1H3,(H2,16,19). The van der Waals surface area contributed by atoms with Crippen molar-refractivity contribution in [2.24, 2.45) is 5.73 Å². The molecule has 110 valence electrons. The van der Waals surface area contributed by atoms with Crippen molar-refractivity contribution in [3.63, 3.8) is 0 Å². The molecule has 1 aromatic carbocycles. The molecule has 0 amide bonds. The molecule has 1 saturated carbocycles. The monoisotopic (exact) mass is 310 g/mol. The van der Waals surface area contributed by atoms with Crippen molar-refractivity contribution in [1.82, 2.24) is 0 Å². The van der Waals surface area contributed by atoms with Crippen LogP contribution in [-0.2, 0) is 4.74 Å². The minimum absolute atomic E-state index is 0.439. The van der Waals surface area contributed by atoms with Gasteiger partial charge in [-0.15, -0.1) is 11.8 Å². The van der Waals surface area contributed by atoms with Gasteiger partial charge in [0.15, 0.2) is 0 Å². The number of hydrogen-bond acceptors (Lipinski definition) is 4. The molecule has 0 unspecified atom stereocenters. The average Bonchev–Trinajstić information content (AvgIpc) is 2.96. The van der Waals surface area contributed by atoms with Crippen LogP contribution in [0.2, 0.25) is 0 Å². The van der Waals surface area contributed by atoms with E-state index in [-0.39, 0.29) is 0 Å². The largest absolute Gasteiger partial charge is 0.389 e. The van der Waals surface area contributed by atoms with Crippen LogP contribution in [0.25, 0.3) is 0 Å². The highest BCUT2D eigenvalue weighted by molar-refractivity contribution is 7.98. The Morgan fingerprint density at radius 3 is 2.85 bits per heavy atom. The van der Waals surface area contributed by atoms with Crippen molar-refractivity contribution < 1.29 is 4.74 Å². The van der Waals surface area contributed by atoms with Gasteiger partial charge in [-0.25, -0.2) is 0 Å². The van der Waals surface area contributed by atoms with Gasteiger partial charge in [0.2, 0.25) is 0 Å². The molecule has 3 N–H and O–H groups in total. The first-order valence-electron chi connectivity index (χ1n) is 7.04. The van der Waals surface area contributed by atoms with Gasteiger partial charge in [-0.2, -0.15) is 0 Å². The lowest BCUT2D eigenvalue weighted by molar-refractivity contribution is 0.0659. The first-order chi connectivity index (χ1) is 9.72. The lowest BCUT2D eigenvalue weighted by atomic mass is 10.1.